The molecule has 1 saturated heterocycles. The van der Waals surface area contributed by atoms with Gasteiger partial charge in [0, 0.05) is 36.2 Å². The van der Waals surface area contributed by atoms with Gasteiger partial charge in [-0.2, -0.15) is 0 Å². The Morgan fingerprint density at radius 2 is 2.28 bits per heavy atom. The summed E-state index contributed by atoms with van der Waals surface area (Å²) in [5.74, 6) is 1.17. The predicted molar refractivity (Wildman–Crippen MR) is 80.5 cm³/mol. The smallest absolute Gasteiger partial charge is 0.0772 e. The molecule has 2 nitrogen and oxygen atoms in total. The average Bonchev–Trinajstić information content (AvgIpc) is 2.39. The van der Waals surface area contributed by atoms with Gasteiger partial charge in [-0.1, -0.05) is 28.9 Å². The van der Waals surface area contributed by atoms with Crippen LogP contribution in [-0.2, 0) is 10.6 Å². The van der Waals surface area contributed by atoms with Crippen LogP contribution in [0.25, 0.3) is 0 Å². The minimum Gasteiger partial charge on any atom is -0.379 e. The van der Waals surface area contributed by atoms with Gasteiger partial charge >= 0.3 is 0 Å². The molecule has 2 atom stereocenters. The molecule has 0 aromatic heterocycles. The first-order chi connectivity index (χ1) is 8.65. The zero-order valence-electron chi connectivity index (χ0n) is 10.8. The van der Waals surface area contributed by atoms with E-state index in [0.29, 0.717) is 17.9 Å². The molecule has 100 valence electrons. The maximum atomic E-state index is 6.03. The molecule has 0 radical (unpaired) electrons. The average molecular weight is 333 g/mol. The van der Waals surface area contributed by atoms with Crippen molar-refractivity contribution in [2.75, 3.05) is 25.1 Å². The number of methoxy groups -OCH3 is 1. The molecule has 0 N–H and O–H groups in total. The summed E-state index contributed by atoms with van der Waals surface area (Å²) in [6, 6.07) is 6.29. The van der Waals surface area contributed by atoms with Gasteiger partial charge in [-0.05, 0) is 30.0 Å². The Bertz CT molecular complexity index is 413. The number of halogens is 2. The summed E-state index contributed by atoms with van der Waals surface area (Å²) in [6.07, 6.45) is 1.47. The Labute approximate surface area is 122 Å². The van der Waals surface area contributed by atoms with E-state index in [1.165, 1.54) is 11.3 Å². The highest BCUT2D eigenvalue weighted by atomic mass is 79.9. The monoisotopic (exact) mass is 331 g/mol. The maximum Gasteiger partial charge on any atom is 0.0772 e. The molecule has 0 amide bonds. The van der Waals surface area contributed by atoms with Crippen molar-refractivity contribution in [3.63, 3.8) is 0 Å². The Balaban J connectivity index is 2.23. The summed E-state index contributed by atoms with van der Waals surface area (Å²) >= 11 is 9.56. The minimum atomic E-state index is 0.306. The van der Waals surface area contributed by atoms with Crippen molar-refractivity contribution in [3.8, 4) is 0 Å². The molecule has 1 aliphatic rings. The van der Waals surface area contributed by atoms with Crippen LogP contribution in [0.5, 0.6) is 0 Å². The lowest BCUT2D eigenvalue weighted by Crippen LogP contribution is -2.44. The third kappa shape index (κ3) is 3.01. The first-order valence-corrected chi connectivity index (χ1v) is 7.60. The Kier molecular flexibility index (Phi) is 4.93. The van der Waals surface area contributed by atoms with Crippen LogP contribution in [0.15, 0.2) is 22.7 Å². The van der Waals surface area contributed by atoms with Gasteiger partial charge in [0.15, 0.2) is 0 Å². The molecule has 1 aromatic carbocycles. The zero-order valence-corrected chi connectivity index (χ0v) is 13.2. The fourth-order valence-corrected chi connectivity index (χ4v) is 3.08. The summed E-state index contributed by atoms with van der Waals surface area (Å²) in [7, 11) is 1.80. The normalized spacial score (nSPS) is 24.3. The third-order valence-corrected chi connectivity index (χ3v) is 4.51. The molecule has 0 spiro atoms. The molecule has 2 rings (SSSR count). The summed E-state index contributed by atoms with van der Waals surface area (Å²) < 4.78 is 6.67. The molecule has 0 saturated carbocycles. The second-order valence-electron chi connectivity index (χ2n) is 4.89. The van der Waals surface area contributed by atoms with Crippen molar-refractivity contribution in [2.45, 2.75) is 25.3 Å². The van der Waals surface area contributed by atoms with Gasteiger partial charge in [0.2, 0.25) is 0 Å². The lowest BCUT2D eigenvalue weighted by Gasteiger charge is -2.38. The number of hydrogen-bond acceptors (Lipinski definition) is 2. The number of rotatable bonds is 3. The van der Waals surface area contributed by atoms with E-state index in [9.17, 15) is 0 Å². The maximum absolute atomic E-state index is 6.03. The van der Waals surface area contributed by atoms with Crippen molar-refractivity contribution in [2.24, 2.45) is 5.92 Å². The lowest BCUT2D eigenvalue weighted by atomic mass is 9.95. The topological polar surface area (TPSA) is 12.5 Å². The number of alkyl halides is 1. The van der Waals surface area contributed by atoms with E-state index in [2.05, 4.69) is 39.9 Å². The summed E-state index contributed by atoms with van der Waals surface area (Å²) in [5.41, 5.74) is 2.41. The van der Waals surface area contributed by atoms with Crippen molar-refractivity contribution in [1.29, 1.82) is 0 Å². The van der Waals surface area contributed by atoms with E-state index < -0.39 is 0 Å². The van der Waals surface area contributed by atoms with Gasteiger partial charge in [0.05, 0.1) is 6.10 Å². The van der Waals surface area contributed by atoms with Gasteiger partial charge in [-0.3, -0.25) is 0 Å². The molecule has 1 heterocycles. The minimum absolute atomic E-state index is 0.306. The molecule has 1 aromatic rings. The number of anilines is 1. The van der Waals surface area contributed by atoms with Gasteiger partial charge in [-0.15, -0.1) is 11.6 Å². The molecular weight excluding hydrogens is 314 g/mol. The van der Waals surface area contributed by atoms with Gasteiger partial charge < -0.3 is 9.64 Å². The largest absolute Gasteiger partial charge is 0.379 e. The van der Waals surface area contributed by atoms with E-state index >= 15 is 0 Å². The summed E-state index contributed by atoms with van der Waals surface area (Å²) in [4.78, 5) is 2.39. The number of ether oxygens (including phenoxy) is 1. The molecule has 1 aliphatic heterocycles. The first-order valence-electron chi connectivity index (χ1n) is 6.28. The third-order valence-electron chi connectivity index (χ3n) is 3.72. The van der Waals surface area contributed by atoms with Crippen LogP contribution in [0.1, 0.15) is 18.9 Å². The van der Waals surface area contributed by atoms with Crippen LogP contribution in [0.4, 0.5) is 5.69 Å². The standard InChI is InChI=1S/C14H19BrClNO/c1-10-5-6-17(9-14(10)18-2)13-7-12(15)4-3-11(13)8-16/h3-4,7,10,14H,5-6,8-9H2,1-2H3. The molecule has 18 heavy (non-hydrogen) atoms. The van der Waals surface area contributed by atoms with E-state index in [0.717, 1.165) is 24.0 Å². The van der Waals surface area contributed by atoms with Gasteiger partial charge in [0.25, 0.3) is 0 Å². The van der Waals surface area contributed by atoms with Crippen molar-refractivity contribution < 1.29 is 4.74 Å². The fraction of sp³-hybridized carbons (Fsp3) is 0.571. The molecule has 1 fully saturated rings. The van der Waals surface area contributed by atoms with Crippen LogP contribution < -0.4 is 4.90 Å². The Hall–Kier alpha value is -0.250. The summed E-state index contributed by atoms with van der Waals surface area (Å²) in [6.45, 7) is 4.27. The second kappa shape index (κ2) is 6.27. The number of benzene rings is 1. The van der Waals surface area contributed by atoms with E-state index in [4.69, 9.17) is 16.3 Å². The molecule has 2 unspecified atom stereocenters. The van der Waals surface area contributed by atoms with Gasteiger partial charge in [-0.25, -0.2) is 0 Å². The zero-order chi connectivity index (χ0) is 13.1. The highest BCUT2D eigenvalue weighted by Crippen LogP contribution is 2.30. The number of piperidine rings is 1. The molecule has 0 bridgehead atoms. The van der Waals surface area contributed by atoms with Crippen LogP contribution >= 0.6 is 27.5 Å². The van der Waals surface area contributed by atoms with Crippen LogP contribution in [0.3, 0.4) is 0 Å². The fourth-order valence-electron chi connectivity index (χ4n) is 2.50. The van der Waals surface area contributed by atoms with Crippen LogP contribution in [0, 0.1) is 5.92 Å². The van der Waals surface area contributed by atoms with Crippen LogP contribution in [-0.4, -0.2) is 26.3 Å². The van der Waals surface area contributed by atoms with E-state index in [1.807, 2.05) is 6.07 Å². The molecule has 0 aliphatic carbocycles. The van der Waals surface area contributed by atoms with Crippen LogP contribution in [0.2, 0.25) is 0 Å². The van der Waals surface area contributed by atoms with Crippen molar-refractivity contribution in [1.82, 2.24) is 0 Å². The summed E-state index contributed by atoms with van der Waals surface area (Å²) in [5, 5.41) is 0. The van der Waals surface area contributed by atoms with Crippen molar-refractivity contribution >= 4 is 33.2 Å². The van der Waals surface area contributed by atoms with E-state index in [-0.39, 0.29) is 0 Å². The number of nitrogens with zero attached hydrogens (tertiary/aromatic N) is 1. The second-order valence-corrected chi connectivity index (χ2v) is 6.08. The SMILES string of the molecule is COC1CN(c2cc(Br)ccc2CCl)CCC1C. The highest BCUT2D eigenvalue weighted by molar-refractivity contribution is 9.10. The molecular formula is C14H19BrClNO. The first kappa shape index (κ1) is 14.2. The highest BCUT2D eigenvalue weighted by Gasteiger charge is 2.27. The van der Waals surface area contributed by atoms with Gasteiger partial charge in [0.1, 0.15) is 0 Å². The van der Waals surface area contributed by atoms with Crippen molar-refractivity contribution in [3.05, 3.63) is 28.2 Å². The quantitative estimate of drug-likeness (QED) is 0.774. The lowest BCUT2D eigenvalue weighted by molar-refractivity contribution is 0.0498. The van der Waals surface area contributed by atoms with E-state index in [1.54, 1.807) is 7.11 Å². The Morgan fingerprint density at radius 1 is 1.50 bits per heavy atom. The number of hydrogen-bond donors (Lipinski definition) is 0. The molecule has 4 heteroatoms. The Morgan fingerprint density at radius 3 is 2.94 bits per heavy atom. The predicted octanol–water partition coefficient (Wildman–Crippen LogP) is 4.05.